The van der Waals surface area contributed by atoms with E-state index >= 15 is 0 Å². The highest BCUT2D eigenvalue weighted by Crippen LogP contribution is 2.18. The summed E-state index contributed by atoms with van der Waals surface area (Å²) < 4.78 is 5.06. The van der Waals surface area contributed by atoms with E-state index in [4.69, 9.17) is 9.84 Å². The summed E-state index contributed by atoms with van der Waals surface area (Å²) in [5.74, 6) is -0.994. The Bertz CT molecular complexity index is 304. The predicted molar refractivity (Wildman–Crippen MR) is 59.6 cm³/mol. The highest BCUT2D eigenvalue weighted by Gasteiger charge is 2.29. The average molecular weight is 242 g/mol. The fraction of sp³-hybridized carbons (Fsp3) is 0.818. The van der Waals surface area contributed by atoms with E-state index in [9.17, 15) is 9.59 Å². The summed E-state index contributed by atoms with van der Waals surface area (Å²) in [7, 11) is 0. The fourth-order valence-corrected chi connectivity index (χ4v) is 1.85. The molecule has 1 atom stereocenters. The minimum Gasteiger partial charge on any atom is -0.479 e. The van der Waals surface area contributed by atoms with Crippen molar-refractivity contribution in [3.63, 3.8) is 0 Å². The number of nitrogens with zero attached hydrogens (tertiary/aromatic N) is 1. The molecule has 1 saturated carbocycles. The number of ether oxygens (including phenoxy) is 1. The van der Waals surface area contributed by atoms with Crippen molar-refractivity contribution in [2.24, 2.45) is 0 Å². The van der Waals surface area contributed by atoms with Gasteiger partial charge in [0.15, 0.2) is 6.10 Å². The first kappa shape index (κ1) is 12.3. The predicted octanol–water partition coefficient (Wildman–Crippen LogP) is -0.559. The van der Waals surface area contributed by atoms with Crippen molar-refractivity contribution in [3.8, 4) is 0 Å². The summed E-state index contributed by atoms with van der Waals surface area (Å²) in [6.45, 7) is 1.64. The average Bonchev–Trinajstić information content (AvgIpc) is 3.13. The number of carboxylic acids is 1. The third-order valence-corrected chi connectivity index (χ3v) is 3.04. The smallest absolute Gasteiger partial charge is 0.334 e. The summed E-state index contributed by atoms with van der Waals surface area (Å²) in [4.78, 5) is 24.1. The van der Waals surface area contributed by atoms with Gasteiger partial charge in [0.2, 0.25) is 5.91 Å². The van der Waals surface area contributed by atoms with Crippen molar-refractivity contribution >= 4 is 11.9 Å². The Morgan fingerprint density at radius 2 is 2.18 bits per heavy atom. The first-order valence-corrected chi connectivity index (χ1v) is 6.02. The molecule has 0 aromatic rings. The summed E-state index contributed by atoms with van der Waals surface area (Å²) in [6, 6.07) is 0.597. The van der Waals surface area contributed by atoms with Gasteiger partial charge in [-0.25, -0.2) is 4.79 Å². The monoisotopic (exact) mass is 242 g/mol. The van der Waals surface area contributed by atoms with Crippen LogP contribution in [0.1, 0.15) is 19.3 Å². The second-order valence-corrected chi connectivity index (χ2v) is 4.52. The lowest BCUT2D eigenvalue weighted by atomic mass is 10.2. The van der Waals surface area contributed by atoms with E-state index in [1.807, 2.05) is 0 Å². The molecule has 0 aromatic heterocycles. The topological polar surface area (TPSA) is 78.9 Å². The highest BCUT2D eigenvalue weighted by molar-refractivity contribution is 5.78. The molecule has 0 radical (unpaired) electrons. The number of nitrogens with one attached hydrogen (secondary N) is 1. The van der Waals surface area contributed by atoms with Gasteiger partial charge in [0, 0.05) is 25.6 Å². The Morgan fingerprint density at radius 3 is 2.82 bits per heavy atom. The molecule has 1 amide bonds. The Balaban J connectivity index is 1.71. The molecule has 0 spiro atoms. The number of rotatable bonds is 5. The molecule has 2 N–H and O–H groups in total. The molecular formula is C11H18N2O4. The quantitative estimate of drug-likeness (QED) is 0.675. The van der Waals surface area contributed by atoms with Gasteiger partial charge in [0.25, 0.3) is 0 Å². The Labute approximate surface area is 99.9 Å². The van der Waals surface area contributed by atoms with Crippen molar-refractivity contribution < 1.29 is 19.4 Å². The van der Waals surface area contributed by atoms with Crippen LogP contribution in [0.25, 0.3) is 0 Å². The van der Waals surface area contributed by atoms with Crippen LogP contribution in [0.5, 0.6) is 0 Å². The van der Waals surface area contributed by atoms with E-state index < -0.39 is 12.1 Å². The van der Waals surface area contributed by atoms with Gasteiger partial charge in [-0.15, -0.1) is 0 Å². The SMILES string of the molecule is O=C(O)C1CN(C(=O)CCNC2CC2)CCO1. The van der Waals surface area contributed by atoms with Crippen LogP contribution >= 0.6 is 0 Å². The van der Waals surface area contributed by atoms with E-state index in [2.05, 4.69) is 5.32 Å². The van der Waals surface area contributed by atoms with Crippen LogP contribution in [0.3, 0.4) is 0 Å². The zero-order valence-electron chi connectivity index (χ0n) is 9.72. The molecule has 1 aliphatic carbocycles. The van der Waals surface area contributed by atoms with Gasteiger partial charge in [-0.1, -0.05) is 0 Å². The number of carbonyl (C=O) groups is 2. The number of carboxylic acid groups (broad SMARTS) is 1. The van der Waals surface area contributed by atoms with Crippen molar-refractivity contribution in [3.05, 3.63) is 0 Å². The molecule has 6 nitrogen and oxygen atoms in total. The van der Waals surface area contributed by atoms with Gasteiger partial charge < -0.3 is 20.1 Å². The number of hydrogen-bond acceptors (Lipinski definition) is 4. The number of carbonyl (C=O) groups excluding carboxylic acids is 1. The van der Waals surface area contributed by atoms with Crippen LogP contribution < -0.4 is 5.32 Å². The van der Waals surface area contributed by atoms with Crippen molar-refractivity contribution in [2.75, 3.05) is 26.2 Å². The summed E-state index contributed by atoms with van der Waals surface area (Å²) in [6.07, 6.45) is 1.96. The standard InChI is InChI=1S/C11H18N2O4/c14-10(3-4-12-8-1-2-8)13-5-6-17-9(7-13)11(15)16/h8-9,12H,1-7H2,(H,15,16). The Hall–Kier alpha value is -1.14. The van der Waals surface area contributed by atoms with E-state index in [1.54, 1.807) is 4.90 Å². The first-order chi connectivity index (χ1) is 8.16. The van der Waals surface area contributed by atoms with Gasteiger partial charge in [0.05, 0.1) is 13.2 Å². The lowest BCUT2D eigenvalue weighted by Gasteiger charge is -2.31. The third-order valence-electron chi connectivity index (χ3n) is 3.04. The van der Waals surface area contributed by atoms with Gasteiger partial charge >= 0.3 is 5.97 Å². The molecule has 0 bridgehead atoms. The minimum atomic E-state index is -1.00. The van der Waals surface area contributed by atoms with Crippen molar-refractivity contribution in [1.29, 1.82) is 0 Å². The highest BCUT2D eigenvalue weighted by atomic mass is 16.5. The van der Waals surface area contributed by atoms with Gasteiger partial charge in [-0.3, -0.25) is 4.79 Å². The second-order valence-electron chi connectivity index (χ2n) is 4.52. The molecule has 2 aliphatic rings. The molecule has 6 heteroatoms. The second kappa shape index (κ2) is 5.46. The lowest BCUT2D eigenvalue weighted by Crippen LogP contribution is -2.49. The molecule has 96 valence electrons. The molecule has 2 rings (SSSR count). The third kappa shape index (κ3) is 3.67. The number of amides is 1. The Morgan fingerprint density at radius 1 is 1.41 bits per heavy atom. The van der Waals surface area contributed by atoms with E-state index in [0.29, 0.717) is 32.2 Å². The minimum absolute atomic E-state index is 0.00713. The van der Waals surface area contributed by atoms with Crippen LogP contribution in [-0.2, 0) is 14.3 Å². The van der Waals surface area contributed by atoms with E-state index in [1.165, 1.54) is 12.8 Å². The summed E-state index contributed by atoms with van der Waals surface area (Å²) >= 11 is 0. The maximum atomic E-state index is 11.8. The van der Waals surface area contributed by atoms with Crippen LogP contribution in [0, 0.1) is 0 Å². The number of morpholine rings is 1. The van der Waals surface area contributed by atoms with E-state index in [0.717, 1.165) is 0 Å². The summed E-state index contributed by atoms with van der Waals surface area (Å²) in [5, 5.41) is 12.1. The molecule has 1 heterocycles. The number of hydrogen-bond donors (Lipinski definition) is 2. The Kier molecular flexibility index (Phi) is 3.96. The van der Waals surface area contributed by atoms with E-state index in [-0.39, 0.29) is 12.5 Å². The lowest BCUT2D eigenvalue weighted by molar-refractivity contribution is -0.159. The van der Waals surface area contributed by atoms with Crippen molar-refractivity contribution in [2.45, 2.75) is 31.4 Å². The maximum Gasteiger partial charge on any atom is 0.334 e. The molecule has 0 aromatic carbocycles. The largest absolute Gasteiger partial charge is 0.479 e. The maximum absolute atomic E-state index is 11.8. The molecule has 1 unspecified atom stereocenters. The zero-order valence-corrected chi connectivity index (χ0v) is 9.72. The van der Waals surface area contributed by atoms with Crippen LogP contribution in [-0.4, -0.2) is 60.3 Å². The van der Waals surface area contributed by atoms with Crippen LogP contribution in [0.15, 0.2) is 0 Å². The molecular weight excluding hydrogens is 224 g/mol. The summed E-state index contributed by atoms with van der Waals surface area (Å²) in [5.41, 5.74) is 0. The molecule has 1 saturated heterocycles. The molecule has 17 heavy (non-hydrogen) atoms. The normalized spacial score (nSPS) is 24.7. The number of aliphatic carboxylic acids is 1. The zero-order chi connectivity index (χ0) is 12.3. The fourth-order valence-electron chi connectivity index (χ4n) is 1.85. The van der Waals surface area contributed by atoms with Crippen LogP contribution in [0.2, 0.25) is 0 Å². The van der Waals surface area contributed by atoms with Crippen molar-refractivity contribution in [1.82, 2.24) is 10.2 Å². The van der Waals surface area contributed by atoms with Crippen LogP contribution in [0.4, 0.5) is 0 Å². The molecule has 2 fully saturated rings. The first-order valence-electron chi connectivity index (χ1n) is 6.02. The van der Waals surface area contributed by atoms with Gasteiger partial charge in [-0.2, -0.15) is 0 Å². The van der Waals surface area contributed by atoms with Gasteiger partial charge in [-0.05, 0) is 12.8 Å². The van der Waals surface area contributed by atoms with Gasteiger partial charge in [0.1, 0.15) is 0 Å². The molecule has 1 aliphatic heterocycles.